The Morgan fingerprint density at radius 2 is 1.50 bits per heavy atom. The average Bonchev–Trinajstić information content (AvgIpc) is 1.94. The van der Waals surface area contributed by atoms with Gasteiger partial charge in [-0.3, -0.25) is 0 Å². The van der Waals surface area contributed by atoms with Crippen molar-refractivity contribution in [1.29, 1.82) is 0 Å². The lowest BCUT2D eigenvalue weighted by atomic mass is 10.5. The van der Waals surface area contributed by atoms with Gasteiger partial charge in [0.1, 0.15) is 0 Å². The zero-order chi connectivity index (χ0) is 7.11. The number of aromatic nitrogens is 1. The van der Waals surface area contributed by atoms with Crippen molar-refractivity contribution in [3.05, 3.63) is 35.8 Å². The van der Waals surface area contributed by atoms with E-state index in [4.69, 9.17) is 5.11 Å². The predicted molar refractivity (Wildman–Crippen MR) is 40.3 cm³/mol. The molecular formula is C7H13NO2. The van der Waals surface area contributed by atoms with E-state index < -0.39 is 0 Å². The van der Waals surface area contributed by atoms with E-state index in [9.17, 15) is 5.21 Å². The zero-order valence-corrected chi connectivity index (χ0v) is 5.19. The van der Waals surface area contributed by atoms with E-state index >= 15 is 0 Å². The van der Waals surface area contributed by atoms with E-state index in [1.54, 1.807) is 18.2 Å². The minimum absolute atomic E-state index is 0. The van der Waals surface area contributed by atoms with Gasteiger partial charge in [-0.1, -0.05) is 13.5 Å². The Labute approximate surface area is 61.1 Å². The molecule has 0 saturated heterocycles. The maximum atomic E-state index is 10.2. The topological polar surface area (TPSA) is 47.2 Å². The Kier molecular flexibility index (Phi) is 9.24. The summed E-state index contributed by atoms with van der Waals surface area (Å²) in [4.78, 5) is 0. The van der Waals surface area contributed by atoms with Crippen molar-refractivity contribution in [1.82, 2.24) is 0 Å². The first-order chi connectivity index (χ1) is 4.39. The van der Waals surface area contributed by atoms with Crippen molar-refractivity contribution >= 4 is 0 Å². The Hall–Kier alpha value is -1.09. The minimum Gasteiger partial charge on any atom is -0.619 e. The molecule has 0 fully saturated rings. The molecule has 1 N–H and O–H groups in total. The second kappa shape index (κ2) is 7.91. The second-order valence-corrected chi connectivity index (χ2v) is 1.24. The third kappa shape index (κ3) is 5.05. The number of hydrogen-bond acceptors (Lipinski definition) is 2. The van der Waals surface area contributed by atoms with Gasteiger partial charge in [-0.05, 0) is 0 Å². The van der Waals surface area contributed by atoms with Crippen LogP contribution in [0.15, 0.2) is 30.6 Å². The quantitative estimate of drug-likeness (QED) is 0.426. The lowest BCUT2D eigenvalue weighted by Gasteiger charge is -1.88. The van der Waals surface area contributed by atoms with Gasteiger partial charge < -0.3 is 10.3 Å². The Bertz CT molecular complexity index is 142. The molecule has 1 aromatic heterocycles. The van der Waals surface area contributed by atoms with Crippen LogP contribution in [-0.4, -0.2) is 12.2 Å². The van der Waals surface area contributed by atoms with Crippen LogP contribution in [0.4, 0.5) is 0 Å². The van der Waals surface area contributed by atoms with Crippen molar-refractivity contribution in [2.75, 3.05) is 7.11 Å². The van der Waals surface area contributed by atoms with E-state index in [0.717, 1.165) is 11.8 Å². The first-order valence-electron chi connectivity index (χ1n) is 2.48. The fraction of sp³-hybridized carbons (Fsp3) is 0.286. The summed E-state index contributed by atoms with van der Waals surface area (Å²) < 4.78 is 0.750. The van der Waals surface area contributed by atoms with Gasteiger partial charge >= 0.3 is 0 Å². The molecule has 3 heteroatoms. The summed E-state index contributed by atoms with van der Waals surface area (Å²) in [6.07, 6.45) is 2.89. The highest BCUT2D eigenvalue weighted by Gasteiger charge is 1.74. The van der Waals surface area contributed by atoms with Crippen molar-refractivity contribution < 1.29 is 9.84 Å². The highest BCUT2D eigenvalue weighted by molar-refractivity contribution is 4.83. The smallest absolute Gasteiger partial charge is 0.180 e. The van der Waals surface area contributed by atoms with Crippen LogP contribution in [0.3, 0.4) is 0 Å². The Balaban J connectivity index is 0. The van der Waals surface area contributed by atoms with E-state index in [2.05, 4.69) is 0 Å². The van der Waals surface area contributed by atoms with Crippen LogP contribution >= 0.6 is 0 Å². The molecule has 0 unspecified atom stereocenters. The molecule has 3 nitrogen and oxygen atoms in total. The Morgan fingerprint density at radius 1 is 1.10 bits per heavy atom. The van der Waals surface area contributed by atoms with Crippen LogP contribution in [0, 0.1) is 5.21 Å². The van der Waals surface area contributed by atoms with Crippen LogP contribution in [-0.2, 0) is 0 Å². The highest BCUT2D eigenvalue weighted by Crippen LogP contribution is 1.72. The zero-order valence-electron chi connectivity index (χ0n) is 5.19. The van der Waals surface area contributed by atoms with E-state index in [0.29, 0.717) is 0 Å². The van der Waals surface area contributed by atoms with Crippen LogP contribution in [0.1, 0.15) is 7.43 Å². The summed E-state index contributed by atoms with van der Waals surface area (Å²) >= 11 is 0. The van der Waals surface area contributed by atoms with E-state index in [-0.39, 0.29) is 7.43 Å². The molecule has 1 aromatic rings. The molecule has 0 aromatic carbocycles. The van der Waals surface area contributed by atoms with Gasteiger partial charge in [-0.2, -0.15) is 4.73 Å². The number of nitrogens with zero attached hydrogens (tertiary/aromatic N) is 1. The lowest BCUT2D eigenvalue weighted by molar-refractivity contribution is -0.605. The fourth-order valence-electron chi connectivity index (χ4n) is 0.383. The second-order valence-electron chi connectivity index (χ2n) is 1.24. The van der Waals surface area contributed by atoms with Gasteiger partial charge in [0.15, 0.2) is 12.4 Å². The Morgan fingerprint density at radius 3 is 1.70 bits per heavy atom. The molecule has 0 radical (unpaired) electrons. The van der Waals surface area contributed by atoms with Gasteiger partial charge in [0.25, 0.3) is 0 Å². The number of rotatable bonds is 0. The summed E-state index contributed by atoms with van der Waals surface area (Å²) in [5, 5.41) is 17.2. The van der Waals surface area contributed by atoms with Gasteiger partial charge in [-0.15, -0.1) is 0 Å². The van der Waals surface area contributed by atoms with E-state index in [1.165, 1.54) is 12.4 Å². The number of hydrogen-bond donors (Lipinski definition) is 1. The normalized spacial score (nSPS) is 6.60. The molecule has 0 aliphatic carbocycles. The summed E-state index contributed by atoms with van der Waals surface area (Å²) in [7, 11) is 1.00. The molecule has 0 atom stereocenters. The molecule has 10 heavy (non-hydrogen) atoms. The SMILES string of the molecule is C.CO.[O-][n+]1ccccc1. The molecule has 1 heterocycles. The molecule has 0 saturated carbocycles. The third-order valence-electron chi connectivity index (χ3n) is 0.688. The van der Waals surface area contributed by atoms with Gasteiger partial charge in [0.05, 0.1) is 0 Å². The van der Waals surface area contributed by atoms with Gasteiger partial charge in [-0.25, -0.2) is 0 Å². The number of aliphatic hydroxyl groups excluding tert-OH is 1. The molecule has 0 spiro atoms. The minimum atomic E-state index is 0. The van der Waals surface area contributed by atoms with Crippen molar-refractivity contribution in [3.63, 3.8) is 0 Å². The fourth-order valence-corrected chi connectivity index (χ4v) is 0.383. The van der Waals surface area contributed by atoms with Crippen LogP contribution in [0.25, 0.3) is 0 Å². The number of pyridine rings is 1. The molecule has 1 rings (SSSR count). The summed E-state index contributed by atoms with van der Waals surface area (Å²) in [6.45, 7) is 0. The van der Waals surface area contributed by atoms with Crippen molar-refractivity contribution in [2.24, 2.45) is 0 Å². The lowest BCUT2D eigenvalue weighted by Crippen LogP contribution is -2.22. The van der Waals surface area contributed by atoms with Crippen molar-refractivity contribution in [3.8, 4) is 0 Å². The first kappa shape index (κ1) is 11.7. The first-order valence-corrected chi connectivity index (χ1v) is 2.48. The van der Waals surface area contributed by atoms with Crippen molar-refractivity contribution in [2.45, 2.75) is 7.43 Å². The standard InChI is InChI=1S/C5H5NO.CH4O.CH4/c7-6-4-2-1-3-5-6;1-2;/h1-5H;2H,1H3;1H4. The molecule has 0 amide bonds. The van der Waals surface area contributed by atoms with Gasteiger partial charge in [0.2, 0.25) is 0 Å². The summed E-state index contributed by atoms with van der Waals surface area (Å²) in [5.74, 6) is 0. The van der Waals surface area contributed by atoms with Crippen LogP contribution in [0.2, 0.25) is 0 Å². The third-order valence-corrected chi connectivity index (χ3v) is 0.688. The largest absolute Gasteiger partial charge is 0.619 e. The molecular weight excluding hydrogens is 130 g/mol. The molecule has 58 valence electrons. The number of aliphatic hydroxyl groups is 1. The maximum absolute atomic E-state index is 10.2. The van der Waals surface area contributed by atoms with Crippen LogP contribution in [0.5, 0.6) is 0 Å². The monoisotopic (exact) mass is 143 g/mol. The van der Waals surface area contributed by atoms with E-state index in [1.807, 2.05) is 0 Å². The maximum Gasteiger partial charge on any atom is 0.180 e. The summed E-state index contributed by atoms with van der Waals surface area (Å²) in [5.41, 5.74) is 0. The highest BCUT2D eigenvalue weighted by atomic mass is 16.5. The van der Waals surface area contributed by atoms with Crippen LogP contribution < -0.4 is 4.73 Å². The average molecular weight is 143 g/mol. The summed E-state index contributed by atoms with van der Waals surface area (Å²) in [6, 6.07) is 5.18. The van der Waals surface area contributed by atoms with Gasteiger partial charge in [0, 0.05) is 19.2 Å². The molecule has 0 aliphatic heterocycles. The predicted octanol–water partition coefficient (Wildman–Crippen LogP) is 0.565. The molecule has 0 aliphatic rings. The molecule has 0 bridgehead atoms.